The molecule has 0 saturated carbocycles. The van der Waals surface area contributed by atoms with Gasteiger partial charge in [-0.2, -0.15) is 0 Å². The van der Waals surface area contributed by atoms with E-state index in [0.717, 1.165) is 0 Å². The second kappa shape index (κ2) is 5.56. The molecule has 0 aromatic heterocycles. The van der Waals surface area contributed by atoms with Crippen molar-refractivity contribution in [3.05, 3.63) is 6.92 Å². The first-order valence-electron chi connectivity index (χ1n) is 2.87. The average Bonchev–Trinajstić information content (AvgIpc) is 1.85. The van der Waals surface area contributed by atoms with Gasteiger partial charge in [0.25, 0.3) is 0 Å². The largest absolute Gasteiger partial charge is 0.466 e. The molecule has 0 spiro atoms. The molecule has 0 amide bonds. The maximum Gasteiger partial charge on any atom is 0.308 e. The maximum absolute atomic E-state index is 10.4. The number of hydrogen-bond acceptors (Lipinski definition) is 3. The molecule has 0 atom stereocenters. The van der Waals surface area contributed by atoms with Crippen LogP contribution in [0.4, 0.5) is 0 Å². The van der Waals surface area contributed by atoms with E-state index in [9.17, 15) is 4.79 Å². The van der Waals surface area contributed by atoms with Gasteiger partial charge in [-0.15, -0.1) is 0 Å². The highest BCUT2D eigenvalue weighted by molar-refractivity contribution is 5.69. The zero-order valence-corrected chi connectivity index (χ0v) is 5.30. The SMILES string of the molecule is [CH2]CCOC(=O)CCO. The van der Waals surface area contributed by atoms with E-state index < -0.39 is 0 Å². The van der Waals surface area contributed by atoms with Crippen LogP contribution in [0.25, 0.3) is 0 Å². The Morgan fingerprint density at radius 1 is 1.67 bits per heavy atom. The van der Waals surface area contributed by atoms with Crippen molar-refractivity contribution in [3.8, 4) is 0 Å². The summed E-state index contributed by atoms with van der Waals surface area (Å²) in [5.41, 5.74) is 0. The normalized spacial score (nSPS) is 9.11. The van der Waals surface area contributed by atoms with Crippen molar-refractivity contribution in [2.75, 3.05) is 13.2 Å². The summed E-state index contributed by atoms with van der Waals surface area (Å²) in [6.07, 6.45) is 0.664. The van der Waals surface area contributed by atoms with Gasteiger partial charge in [0.05, 0.1) is 19.6 Å². The van der Waals surface area contributed by atoms with Crippen LogP contribution in [-0.4, -0.2) is 24.3 Å². The van der Waals surface area contributed by atoms with Gasteiger partial charge in [-0.3, -0.25) is 4.79 Å². The quantitative estimate of drug-likeness (QED) is 0.552. The molecule has 0 saturated heterocycles. The summed E-state index contributed by atoms with van der Waals surface area (Å²) in [4.78, 5) is 10.4. The predicted molar refractivity (Wildman–Crippen MR) is 32.6 cm³/mol. The summed E-state index contributed by atoms with van der Waals surface area (Å²) in [5, 5.41) is 8.22. The minimum Gasteiger partial charge on any atom is -0.466 e. The third-order valence-electron chi connectivity index (χ3n) is 0.723. The standard InChI is InChI=1S/C6H11O3/c1-2-5-9-6(8)3-4-7/h7H,1-5H2. The van der Waals surface area contributed by atoms with E-state index in [1.54, 1.807) is 0 Å². The minimum absolute atomic E-state index is 0.0833. The van der Waals surface area contributed by atoms with Gasteiger partial charge < -0.3 is 9.84 Å². The van der Waals surface area contributed by atoms with Crippen molar-refractivity contribution in [1.29, 1.82) is 0 Å². The fourth-order valence-electron chi connectivity index (χ4n) is 0.349. The zero-order chi connectivity index (χ0) is 7.11. The average molecular weight is 131 g/mol. The van der Waals surface area contributed by atoms with E-state index in [1.165, 1.54) is 0 Å². The molecule has 0 bridgehead atoms. The monoisotopic (exact) mass is 131 g/mol. The summed E-state index contributed by atoms with van der Waals surface area (Å²) in [5.74, 6) is -0.360. The van der Waals surface area contributed by atoms with Crippen molar-refractivity contribution < 1.29 is 14.6 Å². The highest BCUT2D eigenvalue weighted by Gasteiger charge is 1.97. The molecule has 0 aromatic carbocycles. The van der Waals surface area contributed by atoms with Crippen LogP contribution in [0.5, 0.6) is 0 Å². The molecule has 0 aromatic rings. The molecule has 0 aliphatic carbocycles. The number of carbonyl (C=O) groups is 1. The van der Waals surface area contributed by atoms with Crippen molar-refractivity contribution in [1.82, 2.24) is 0 Å². The van der Waals surface area contributed by atoms with Gasteiger partial charge >= 0.3 is 5.97 Å². The topological polar surface area (TPSA) is 46.5 Å². The summed E-state index contributed by atoms with van der Waals surface area (Å²) in [6, 6.07) is 0. The van der Waals surface area contributed by atoms with Crippen LogP contribution in [0, 0.1) is 6.92 Å². The van der Waals surface area contributed by atoms with Gasteiger partial charge in [-0.25, -0.2) is 0 Å². The van der Waals surface area contributed by atoms with Gasteiger partial charge in [0, 0.05) is 0 Å². The van der Waals surface area contributed by atoms with Crippen LogP contribution in [0.2, 0.25) is 0 Å². The number of ether oxygens (including phenoxy) is 1. The van der Waals surface area contributed by atoms with Gasteiger partial charge in [0.2, 0.25) is 0 Å². The van der Waals surface area contributed by atoms with E-state index in [1.807, 2.05) is 0 Å². The molecule has 0 heterocycles. The fraction of sp³-hybridized carbons (Fsp3) is 0.667. The van der Waals surface area contributed by atoms with E-state index in [-0.39, 0.29) is 19.0 Å². The van der Waals surface area contributed by atoms with Crippen molar-refractivity contribution in [2.24, 2.45) is 0 Å². The van der Waals surface area contributed by atoms with Gasteiger partial charge in [-0.05, 0) is 13.3 Å². The fourth-order valence-corrected chi connectivity index (χ4v) is 0.349. The van der Waals surface area contributed by atoms with E-state index >= 15 is 0 Å². The van der Waals surface area contributed by atoms with Crippen molar-refractivity contribution >= 4 is 5.97 Å². The molecule has 3 heteroatoms. The number of aliphatic hydroxyl groups is 1. The Balaban J connectivity index is 3.06. The minimum atomic E-state index is -0.360. The van der Waals surface area contributed by atoms with Crippen LogP contribution in [0.3, 0.4) is 0 Å². The third kappa shape index (κ3) is 5.30. The van der Waals surface area contributed by atoms with Crippen LogP contribution < -0.4 is 0 Å². The molecule has 0 unspecified atom stereocenters. The number of carbonyl (C=O) groups excluding carboxylic acids is 1. The predicted octanol–water partition coefficient (Wildman–Crippen LogP) is 0.136. The molecule has 0 aliphatic rings. The number of aliphatic hydroxyl groups excluding tert-OH is 1. The second-order valence-electron chi connectivity index (χ2n) is 1.55. The lowest BCUT2D eigenvalue weighted by atomic mass is 10.4. The number of hydrogen-bond donors (Lipinski definition) is 1. The van der Waals surface area contributed by atoms with E-state index in [4.69, 9.17) is 5.11 Å². The second-order valence-corrected chi connectivity index (χ2v) is 1.55. The molecule has 53 valence electrons. The van der Waals surface area contributed by atoms with Crippen LogP contribution in [0.1, 0.15) is 12.8 Å². The smallest absolute Gasteiger partial charge is 0.308 e. The Kier molecular flexibility index (Phi) is 5.21. The first-order valence-corrected chi connectivity index (χ1v) is 2.87. The molecule has 0 aliphatic heterocycles. The van der Waals surface area contributed by atoms with Crippen molar-refractivity contribution in [2.45, 2.75) is 12.8 Å². The summed E-state index contributed by atoms with van der Waals surface area (Å²) < 4.78 is 4.57. The third-order valence-corrected chi connectivity index (χ3v) is 0.723. The molecule has 0 fully saturated rings. The summed E-state index contributed by atoms with van der Waals surface area (Å²) >= 11 is 0. The zero-order valence-electron chi connectivity index (χ0n) is 5.30. The molecule has 1 N–H and O–H groups in total. The molecule has 3 nitrogen and oxygen atoms in total. The first-order chi connectivity index (χ1) is 4.31. The first kappa shape index (κ1) is 8.43. The molecule has 9 heavy (non-hydrogen) atoms. The van der Waals surface area contributed by atoms with E-state index in [0.29, 0.717) is 13.0 Å². The molecular formula is C6H11O3. The summed E-state index contributed by atoms with van der Waals surface area (Å²) in [7, 11) is 0. The Morgan fingerprint density at radius 3 is 2.78 bits per heavy atom. The lowest BCUT2D eigenvalue weighted by Gasteiger charge is -1.98. The Hall–Kier alpha value is -0.570. The van der Waals surface area contributed by atoms with Gasteiger partial charge in [-0.1, -0.05) is 0 Å². The molecule has 1 radical (unpaired) electrons. The van der Waals surface area contributed by atoms with Gasteiger partial charge in [0.1, 0.15) is 0 Å². The van der Waals surface area contributed by atoms with E-state index in [2.05, 4.69) is 11.7 Å². The van der Waals surface area contributed by atoms with Crippen LogP contribution in [0.15, 0.2) is 0 Å². The lowest BCUT2D eigenvalue weighted by Crippen LogP contribution is -2.06. The lowest BCUT2D eigenvalue weighted by molar-refractivity contribution is -0.144. The molecule has 0 rings (SSSR count). The Bertz CT molecular complexity index is 80.4. The molecular weight excluding hydrogens is 120 g/mol. The Morgan fingerprint density at radius 2 is 2.33 bits per heavy atom. The van der Waals surface area contributed by atoms with Crippen LogP contribution >= 0.6 is 0 Å². The van der Waals surface area contributed by atoms with Gasteiger partial charge in [0.15, 0.2) is 0 Å². The number of esters is 1. The highest BCUT2D eigenvalue weighted by Crippen LogP contribution is 1.85. The van der Waals surface area contributed by atoms with Crippen LogP contribution in [-0.2, 0) is 9.53 Å². The highest BCUT2D eigenvalue weighted by atomic mass is 16.5. The van der Waals surface area contributed by atoms with Crippen molar-refractivity contribution in [3.63, 3.8) is 0 Å². The summed E-state index contributed by atoms with van der Waals surface area (Å²) in [6.45, 7) is 3.68. The number of rotatable bonds is 4. The Labute approximate surface area is 54.6 Å². The maximum atomic E-state index is 10.4.